The second kappa shape index (κ2) is 10.4. The van der Waals surface area contributed by atoms with Crippen LogP contribution in [0.25, 0.3) is 0 Å². The number of hydrogen-bond donors (Lipinski definition) is 0. The molecule has 0 atom stereocenters. The van der Waals surface area contributed by atoms with E-state index in [2.05, 4.69) is 21.1 Å². The second-order valence-corrected chi connectivity index (χ2v) is 7.88. The van der Waals surface area contributed by atoms with E-state index in [1.54, 1.807) is 24.3 Å². The van der Waals surface area contributed by atoms with Crippen molar-refractivity contribution in [3.8, 4) is 5.75 Å². The number of rotatable bonds is 8. The Hall–Kier alpha value is -2.61. The van der Waals surface area contributed by atoms with E-state index in [4.69, 9.17) is 32.8 Å². The lowest BCUT2D eigenvalue weighted by molar-refractivity contribution is -0.384. The first-order chi connectivity index (χ1) is 14.4. The number of hydrogen-bond acceptors (Lipinski definition) is 5. The minimum absolute atomic E-state index is 0.00468. The lowest BCUT2D eigenvalue weighted by Gasteiger charge is -2.10. The van der Waals surface area contributed by atoms with E-state index >= 15 is 0 Å². The number of nitro groups is 1. The van der Waals surface area contributed by atoms with Crippen molar-refractivity contribution in [1.82, 2.24) is 0 Å². The fraction of sp³-hybridized carbons (Fsp3) is 0.0952. The van der Waals surface area contributed by atoms with Crippen molar-refractivity contribution in [2.24, 2.45) is 5.16 Å². The third-order valence-electron chi connectivity index (χ3n) is 3.97. The van der Waals surface area contributed by atoms with Crippen LogP contribution in [0.2, 0.25) is 10.0 Å². The molecule has 0 bridgehead atoms. The molecule has 0 aliphatic heterocycles. The molecule has 30 heavy (non-hydrogen) atoms. The van der Waals surface area contributed by atoms with Gasteiger partial charge in [-0.3, -0.25) is 10.1 Å². The molecular formula is C21H15BrCl2N2O4. The van der Waals surface area contributed by atoms with Crippen LogP contribution in [0, 0.1) is 10.1 Å². The Balaban J connectivity index is 1.65. The summed E-state index contributed by atoms with van der Waals surface area (Å²) in [7, 11) is 0. The van der Waals surface area contributed by atoms with Crippen LogP contribution >= 0.6 is 39.1 Å². The van der Waals surface area contributed by atoms with Crippen LogP contribution in [-0.4, -0.2) is 11.1 Å². The summed E-state index contributed by atoms with van der Waals surface area (Å²) in [5.74, 6) is 0.604. The molecule has 9 heteroatoms. The standard InChI is InChI=1S/C21H15BrCl2N2O4/c22-17-5-7-21(29-12-15-4-6-19(23)20(24)9-15)16(10-17)11-25-30-13-14-2-1-3-18(8-14)26(27)28/h1-11H,12-13H2/b25-11-. The van der Waals surface area contributed by atoms with Crippen LogP contribution in [0.4, 0.5) is 5.69 Å². The Bertz CT molecular complexity index is 1090. The predicted octanol–water partition coefficient (Wildman–Crippen LogP) is 6.79. The molecule has 0 fully saturated rings. The van der Waals surface area contributed by atoms with E-state index in [0.29, 0.717) is 33.5 Å². The van der Waals surface area contributed by atoms with Gasteiger partial charge in [-0.15, -0.1) is 0 Å². The lowest BCUT2D eigenvalue weighted by atomic mass is 10.2. The zero-order valence-corrected chi connectivity index (χ0v) is 18.5. The maximum absolute atomic E-state index is 10.8. The molecule has 0 radical (unpaired) electrons. The van der Waals surface area contributed by atoms with Crippen molar-refractivity contribution in [1.29, 1.82) is 0 Å². The maximum atomic E-state index is 10.8. The lowest BCUT2D eigenvalue weighted by Crippen LogP contribution is -1.99. The Labute approximate surface area is 191 Å². The Kier molecular flexibility index (Phi) is 7.68. The summed E-state index contributed by atoms with van der Waals surface area (Å²) in [6.07, 6.45) is 1.52. The van der Waals surface area contributed by atoms with Gasteiger partial charge in [0.2, 0.25) is 0 Å². The van der Waals surface area contributed by atoms with Crippen LogP contribution in [0.5, 0.6) is 5.75 Å². The third-order valence-corrected chi connectivity index (χ3v) is 5.20. The smallest absolute Gasteiger partial charge is 0.269 e. The largest absolute Gasteiger partial charge is 0.488 e. The highest BCUT2D eigenvalue weighted by Gasteiger charge is 2.07. The molecule has 3 rings (SSSR count). The number of ether oxygens (including phenoxy) is 1. The van der Waals surface area contributed by atoms with E-state index in [1.165, 1.54) is 18.3 Å². The van der Waals surface area contributed by atoms with Crippen LogP contribution in [-0.2, 0) is 18.1 Å². The molecule has 3 aromatic rings. The number of nitrogens with zero attached hydrogens (tertiary/aromatic N) is 2. The van der Waals surface area contributed by atoms with Crippen molar-refractivity contribution in [2.75, 3.05) is 0 Å². The number of halogens is 3. The SMILES string of the molecule is O=[N+]([O-])c1cccc(CO/N=C\c2cc(Br)ccc2OCc2ccc(Cl)c(Cl)c2)c1. The summed E-state index contributed by atoms with van der Waals surface area (Å²) in [4.78, 5) is 15.7. The molecule has 0 spiro atoms. The van der Waals surface area contributed by atoms with Gasteiger partial charge >= 0.3 is 0 Å². The number of non-ortho nitro benzene ring substituents is 1. The summed E-state index contributed by atoms with van der Waals surface area (Å²) in [6.45, 7) is 0.402. The zero-order valence-electron chi connectivity index (χ0n) is 15.4. The van der Waals surface area contributed by atoms with Crippen molar-refractivity contribution < 1.29 is 14.5 Å². The Morgan fingerprint density at radius 3 is 2.57 bits per heavy atom. The van der Waals surface area contributed by atoms with Gasteiger partial charge in [0.1, 0.15) is 19.0 Å². The minimum atomic E-state index is -0.453. The summed E-state index contributed by atoms with van der Waals surface area (Å²) in [6, 6.07) is 17.0. The fourth-order valence-corrected chi connectivity index (χ4v) is 3.21. The quantitative estimate of drug-likeness (QED) is 0.190. The highest BCUT2D eigenvalue weighted by molar-refractivity contribution is 9.10. The van der Waals surface area contributed by atoms with Gasteiger partial charge in [0.05, 0.1) is 21.2 Å². The van der Waals surface area contributed by atoms with Crippen LogP contribution in [0.3, 0.4) is 0 Å². The first kappa shape index (κ1) is 22.1. The molecule has 154 valence electrons. The zero-order chi connectivity index (χ0) is 21.5. The molecule has 0 heterocycles. The molecule has 0 aromatic heterocycles. The molecule has 0 aliphatic carbocycles. The van der Waals surface area contributed by atoms with E-state index < -0.39 is 4.92 Å². The molecule has 0 unspecified atom stereocenters. The van der Waals surface area contributed by atoms with Crippen molar-refractivity contribution in [3.63, 3.8) is 0 Å². The van der Waals surface area contributed by atoms with Crippen molar-refractivity contribution in [3.05, 3.63) is 102 Å². The van der Waals surface area contributed by atoms with Crippen molar-refractivity contribution in [2.45, 2.75) is 13.2 Å². The van der Waals surface area contributed by atoms with Gasteiger partial charge in [-0.2, -0.15) is 0 Å². The first-order valence-electron chi connectivity index (χ1n) is 8.67. The Morgan fingerprint density at radius 2 is 1.80 bits per heavy atom. The van der Waals surface area contributed by atoms with E-state index in [-0.39, 0.29) is 12.3 Å². The summed E-state index contributed by atoms with van der Waals surface area (Å²) in [5, 5.41) is 15.7. The average molecular weight is 510 g/mol. The molecule has 0 saturated heterocycles. The summed E-state index contributed by atoms with van der Waals surface area (Å²) in [5.41, 5.74) is 2.22. The fourth-order valence-electron chi connectivity index (χ4n) is 2.51. The molecule has 6 nitrogen and oxygen atoms in total. The van der Waals surface area contributed by atoms with Gasteiger partial charge in [-0.05, 0) is 41.5 Å². The van der Waals surface area contributed by atoms with E-state index in [0.717, 1.165) is 10.0 Å². The van der Waals surface area contributed by atoms with Gasteiger partial charge in [0, 0.05) is 22.2 Å². The number of oxime groups is 1. The normalized spacial score (nSPS) is 10.9. The number of benzene rings is 3. The minimum Gasteiger partial charge on any atom is -0.488 e. The first-order valence-corrected chi connectivity index (χ1v) is 10.2. The summed E-state index contributed by atoms with van der Waals surface area (Å²) >= 11 is 15.4. The van der Waals surface area contributed by atoms with E-state index in [9.17, 15) is 10.1 Å². The molecule has 0 saturated carbocycles. The molecule has 3 aromatic carbocycles. The molecular weight excluding hydrogens is 495 g/mol. The van der Waals surface area contributed by atoms with Gasteiger partial charge in [0.25, 0.3) is 5.69 Å². The maximum Gasteiger partial charge on any atom is 0.269 e. The van der Waals surface area contributed by atoms with Crippen LogP contribution in [0.15, 0.2) is 70.3 Å². The topological polar surface area (TPSA) is 74.0 Å². The van der Waals surface area contributed by atoms with Crippen molar-refractivity contribution >= 4 is 51.0 Å². The number of nitro benzene ring substituents is 1. The highest BCUT2D eigenvalue weighted by Crippen LogP contribution is 2.26. The van der Waals surface area contributed by atoms with Gasteiger partial charge in [-0.25, -0.2) is 0 Å². The van der Waals surface area contributed by atoms with Gasteiger partial charge < -0.3 is 9.57 Å². The third kappa shape index (κ3) is 6.19. The molecule has 0 amide bonds. The average Bonchev–Trinajstić information content (AvgIpc) is 2.73. The van der Waals surface area contributed by atoms with Crippen LogP contribution in [0.1, 0.15) is 16.7 Å². The highest BCUT2D eigenvalue weighted by atomic mass is 79.9. The Morgan fingerprint density at radius 1 is 1.00 bits per heavy atom. The monoisotopic (exact) mass is 508 g/mol. The second-order valence-electron chi connectivity index (χ2n) is 6.15. The van der Waals surface area contributed by atoms with E-state index in [1.807, 2.05) is 24.3 Å². The predicted molar refractivity (Wildman–Crippen MR) is 120 cm³/mol. The van der Waals surface area contributed by atoms with Gasteiger partial charge in [-0.1, -0.05) is 62.5 Å². The molecule has 0 N–H and O–H groups in total. The summed E-state index contributed by atoms with van der Waals surface area (Å²) < 4.78 is 6.74. The molecule has 0 aliphatic rings. The van der Waals surface area contributed by atoms with Crippen LogP contribution < -0.4 is 4.74 Å². The van der Waals surface area contributed by atoms with Gasteiger partial charge in [0.15, 0.2) is 0 Å².